The largest absolute Gasteiger partial charge is 0.325 e. The van der Waals surface area contributed by atoms with E-state index in [1.165, 1.54) is 16.7 Å². The molecule has 0 amide bonds. The van der Waals surface area contributed by atoms with E-state index < -0.39 is 0 Å². The number of aromatic nitrogens is 2. The Hall–Kier alpha value is -1.77. The maximum atomic E-state index is 4.39. The van der Waals surface area contributed by atoms with Crippen molar-refractivity contribution in [1.82, 2.24) is 9.55 Å². The van der Waals surface area contributed by atoms with Crippen molar-refractivity contribution in [1.29, 1.82) is 0 Å². The van der Waals surface area contributed by atoms with Crippen LogP contribution in [0.4, 0.5) is 11.6 Å². The maximum absolute atomic E-state index is 4.39. The molecule has 2 rings (SSSR count). The fraction of sp³-hybridized carbons (Fsp3) is 0.400. The third-order valence-electron chi connectivity index (χ3n) is 3.14. The first-order valence-electron chi connectivity index (χ1n) is 6.36. The number of hydrogen-bond donors (Lipinski definition) is 1. The lowest BCUT2D eigenvalue weighted by Crippen LogP contribution is -2.07. The normalized spacial score (nSPS) is 11.0. The van der Waals surface area contributed by atoms with E-state index in [1.807, 2.05) is 12.4 Å². The molecule has 0 aliphatic carbocycles. The zero-order chi connectivity index (χ0) is 13.3. The summed E-state index contributed by atoms with van der Waals surface area (Å²) in [6.45, 7) is 10.7. The van der Waals surface area contributed by atoms with Crippen LogP contribution in [-0.2, 0) is 0 Å². The highest BCUT2D eigenvalue weighted by Gasteiger charge is 2.09. The van der Waals surface area contributed by atoms with E-state index in [2.05, 4.69) is 61.6 Å². The average molecular weight is 243 g/mol. The van der Waals surface area contributed by atoms with Gasteiger partial charge in [-0.3, -0.25) is 0 Å². The fourth-order valence-corrected chi connectivity index (χ4v) is 2.32. The van der Waals surface area contributed by atoms with Gasteiger partial charge in [0.2, 0.25) is 5.95 Å². The van der Waals surface area contributed by atoms with Crippen LogP contribution in [0.2, 0.25) is 0 Å². The van der Waals surface area contributed by atoms with E-state index in [1.54, 1.807) is 0 Å². The van der Waals surface area contributed by atoms with Crippen molar-refractivity contribution in [3.63, 3.8) is 0 Å². The lowest BCUT2D eigenvalue weighted by molar-refractivity contribution is 0.607. The van der Waals surface area contributed by atoms with E-state index in [0.29, 0.717) is 6.04 Å². The van der Waals surface area contributed by atoms with E-state index in [-0.39, 0.29) is 0 Å². The first kappa shape index (κ1) is 12.7. The molecule has 2 aromatic rings. The van der Waals surface area contributed by atoms with Crippen molar-refractivity contribution in [2.24, 2.45) is 0 Å². The second-order valence-electron chi connectivity index (χ2n) is 5.15. The second kappa shape index (κ2) is 4.84. The Bertz CT molecular complexity index is 530. The highest BCUT2D eigenvalue weighted by molar-refractivity contribution is 5.64. The molecule has 0 aliphatic rings. The summed E-state index contributed by atoms with van der Waals surface area (Å²) in [4.78, 5) is 4.39. The number of rotatable bonds is 3. The maximum Gasteiger partial charge on any atom is 0.207 e. The molecule has 0 radical (unpaired) electrons. The molecule has 3 nitrogen and oxygen atoms in total. The van der Waals surface area contributed by atoms with Gasteiger partial charge in [-0.05, 0) is 45.7 Å². The molecule has 0 saturated heterocycles. The van der Waals surface area contributed by atoms with Crippen LogP contribution >= 0.6 is 0 Å². The van der Waals surface area contributed by atoms with Gasteiger partial charge in [-0.15, -0.1) is 0 Å². The lowest BCUT2D eigenvalue weighted by atomic mass is 10.1. The van der Waals surface area contributed by atoms with E-state index >= 15 is 0 Å². The topological polar surface area (TPSA) is 29.9 Å². The standard InChI is InChI=1S/C15H21N3/c1-10(2)18-7-6-16-15(18)17-14-12(4)8-11(3)9-13(14)5/h6-10H,1-5H3,(H,16,17). The Morgan fingerprint density at radius 1 is 1.11 bits per heavy atom. The van der Waals surface area contributed by atoms with Gasteiger partial charge in [-0.25, -0.2) is 4.98 Å². The smallest absolute Gasteiger partial charge is 0.207 e. The van der Waals surface area contributed by atoms with Gasteiger partial charge in [0.1, 0.15) is 0 Å². The number of nitrogens with one attached hydrogen (secondary N) is 1. The van der Waals surface area contributed by atoms with Crippen LogP contribution in [0.5, 0.6) is 0 Å². The SMILES string of the molecule is Cc1cc(C)c(Nc2nccn2C(C)C)c(C)c1. The molecule has 0 fully saturated rings. The fourth-order valence-electron chi connectivity index (χ4n) is 2.32. The first-order valence-corrected chi connectivity index (χ1v) is 6.36. The van der Waals surface area contributed by atoms with Crippen molar-refractivity contribution < 1.29 is 0 Å². The summed E-state index contributed by atoms with van der Waals surface area (Å²) in [5, 5.41) is 3.45. The molecule has 0 bridgehead atoms. The quantitative estimate of drug-likeness (QED) is 0.878. The molecule has 96 valence electrons. The summed E-state index contributed by atoms with van der Waals surface area (Å²) in [7, 11) is 0. The predicted molar refractivity (Wildman–Crippen MR) is 76.5 cm³/mol. The number of anilines is 2. The van der Waals surface area contributed by atoms with Gasteiger partial charge in [0.15, 0.2) is 0 Å². The molecule has 1 aromatic heterocycles. The molecular weight excluding hydrogens is 222 g/mol. The molecule has 18 heavy (non-hydrogen) atoms. The van der Waals surface area contributed by atoms with Crippen LogP contribution < -0.4 is 5.32 Å². The van der Waals surface area contributed by atoms with Crippen LogP contribution in [0.1, 0.15) is 36.6 Å². The molecule has 0 unspecified atom stereocenters. The molecular formula is C15H21N3. The monoisotopic (exact) mass is 243 g/mol. The summed E-state index contributed by atoms with van der Waals surface area (Å²) >= 11 is 0. The van der Waals surface area contributed by atoms with Crippen LogP contribution in [0.15, 0.2) is 24.5 Å². The minimum absolute atomic E-state index is 0.404. The molecule has 0 saturated carbocycles. The zero-order valence-electron chi connectivity index (χ0n) is 11.8. The average Bonchev–Trinajstić information content (AvgIpc) is 2.71. The Morgan fingerprint density at radius 3 is 2.28 bits per heavy atom. The Labute approximate surface area is 109 Å². The van der Waals surface area contributed by atoms with Gasteiger partial charge in [-0.1, -0.05) is 17.7 Å². The van der Waals surface area contributed by atoms with E-state index in [4.69, 9.17) is 0 Å². The highest BCUT2D eigenvalue weighted by atomic mass is 15.2. The first-order chi connectivity index (χ1) is 8.49. The van der Waals surface area contributed by atoms with E-state index in [0.717, 1.165) is 11.6 Å². The van der Waals surface area contributed by atoms with Crippen molar-refractivity contribution in [2.45, 2.75) is 40.7 Å². The number of nitrogens with zero attached hydrogens (tertiary/aromatic N) is 2. The minimum Gasteiger partial charge on any atom is -0.325 e. The van der Waals surface area contributed by atoms with Gasteiger partial charge in [0.25, 0.3) is 0 Å². The highest BCUT2D eigenvalue weighted by Crippen LogP contribution is 2.26. The molecule has 0 atom stereocenters. The van der Waals surface area contributed by atoms with Gasteiger partial charge in [0, 0.05) is 24.1 Å². The predicted octanol–water partition coefficient (Wildman–Crippen LogP) is 4.13. The minimum atomic E-state index is 0.404. The molecule has 0 aliphatic heterocycles. The Balaban J connectivity index is 2.37. The van der Waals surface area contributed by atoms with Gasteiger partial charge in [-0.2, -0.15) is 0 Å². The summed E-state index contributed by atoms with van der Waals surface area (Å²) in [6, 6.07) is 4.79. The summed E-state index contributed by atoms with van der Waals surface area (Å²) in [6.07, 6.45) is 3.84. The number of hydrogen-bond acceptors (Lipinski definition) is 2. The van der Waals surface area contributed by atoms with Crippen LogP contribution in [0.25, 0.3) is 0 Å². The molecule has 1 heterocycles. The summed E-state index contributed by atoms with van der Waals surface area (Å²) < 4.78 is 2.14. The third kappa shape index (κ3) is 2.40. The van der Waals surface area contributed by atoms with E-state index in [9.17, 15) is 0 Å². The number of imidazole rings is 1. The van der Waals surface area contributed by atoms with Crippen LogP contribution in [0, 0.1) is 20.8 Å². The molecule has 1 N–H and O–H groups in total. The van der Waals surface area contributed by atoms with Crippen molar-refractivity contribution in [2.75, 3.05) is 5.32 Å². The van der Waals surface area contributed by atoms with Crippen molar-refractivity contribution in [3.05, 3.63) is 41.2 Å². The third-order valence-corrected chi connectivity index (χ3v) is 3.14. The van der Waals surface area contributed by atoms with Gasteiger partial charge >= 0.3 is 0 Å². The molecule has 1 aromatic carbocycles. The molecule has 0 spiro atoms. The van der Waals surface area contributed by atoms with Crippen molar-refractivity contribution in [3.8, 4) is 0 Å². The second-order valence-corrected chi connectivity index (χ2v) is 5.15. The Kier molecular flexibility index (Phi) is 3.41. The van der Waals surface area contributed by atoms with Crippen LogP contribution in [-0.4, -0.2) is 9.55 Å². The van der Waals surface area contributed by atoms with Gasteiger partial charge in [0.05, 0.1) is 0 Å². The lowest BCUT2D eigenvalue weighted by Gasteiger charge is -2.16. The zero-order valence-corrected chi connectivity index (χ0v) is 11.8. The van der Waals surface area contributed by atoms with Crippen LogP contribution in [0.3, 0.4) is 0 Å². The number of benzene rings is 1. The van der Waals surface area contributed by atoms with Crippen molar-refractivity contribution >= 4 is 11.6 Å². The number of aryl methyl sites for hydroxylation is 3. The summed E-state index contributed by atoms with van der Waals surface area (Å²) in [5.74, 6) is 0.903. The molecule has 3 heteroatoms. The van der Waals surface area contributed by atoms with Gasteiger partial charge < -0.3 is 9.88 Å². The summed E-state index contributed by atoms with van der Waals surface area (Å²) in [5.41, 5.74) is 4.97. The Morgan fingerprint density at radius 2 is 1.72 bits per heavy atom.